The molecule has 2 atom stereocenters. The summed E-state index contributed by atoms with van der Waals surface area (Å²) in [5, 5.41) is 10.3. The summed E-state index contributed by atoms with van der Waals surface area (Å²) in [6, 6.07) is 13.5. The van der Waals surface area contributed by atoms with E-state index < -0.39 is 11.3 Å². The van der Waals surface area contributed by atoms with Crippen LogP contribution in [0, 0.1) is 11.3 Å². The lowest BCUT2D eigenvalue weighted by molar-refractivity contribution is 0.242. The van der Waals surface area contributed by atoms with Crippen LogP contribution in [0.15, 0.2) is 42.6 Å². The summed E-state index contributed by atoms with van der Waals surface area (Å²) in [7, 11) is 0. The molecule has 1 heterocycles. The molecule has 0 aliphatic heterocycles. The van der Waals surface area contributed by atoms with Gasteiger partial charge < -0.3 is 9.29 Å². The molecule has 0 fully saturated rings. The van der Waals surface area contributed by atoms with Crippen LogP contribution in [0.1, 0.15) is 43.0 Å². The lowest BCUT2D eigenvalue weighted by atomic mass is 10.0. The van der Waals surface area contributed by atoms with Gasteiger partial charge in [0.15, 0.2) is 0 Å². The van der Waals surface area contributed by atoms with Gasteiger partial charge in [0, 0.05) is 29.1 Å². The summed E-state index contributed by atoms with van der Waals surface area (Å²) in [5.74, 6) is 0.572. The van der Waals surface area contributed by atoms with E-state index in [0.717, 1.165) is 45.0 Å². The van der Waals surface area contributed by atoms with Crippen LogP contribution in [0.25, 0.3) is 21.0 Å². The third-order valence-corrected chi connectivity index (χ3v) is 6.55. The van der Waals surface area contributed by atoms with Crippen LogP contribution in [0.2, 0.25) is 0 Å². The first-order valence-electron chi connectivity index (χ1n) is 9.61. The number of hydrogen-bond donors (Lipinski definition) is 1. The molecule has 1 aromatic heterocycles. The van der Waals surface area contributed by atoms with Crippen molar-refractivity contribution in [3.8, 4) is 32.8 Å². The zero-order valence-electron chi connectivity index (χ0n) is 16.5. The second kappa shape index (κ2) is 8.66. The number of aromatic nitrogens is 1. The van der Waals surface area contributed by atoms with Gasteiger partial charge in [-0.2, -0.15) is 5.26 Å². The molecule has 8 heteroatoms. The van der Waals surface area contributed by atoms with Gasteiger partial charge >= 0.3 is 0 Å². The van der Waals surface area contributed by atoms with Crippen molar-refractivity contribution in [3.05, 3.63) is 59.3 Å². The smallest absolute Gasteiger partial charge is 0.137 e. The van der Waals surface area contributed by atoms with Gasteiger partial charge in [-0.15, -0.1) is 11.3 Å². The molecule has 4 rings (SSSR count). The van der Waals surface area contributed by atoms with Crippen molar-refractivity contribution in [1.82, 2.24) is 9.71 Å². The predicted molar refractivity (Wildman–Crippen MR) is 117 cm³/mol. The van der Waals surface area contributed by atoms with Crippen molar-refractivity contribution in [2.75, 3.05) is 0 Å². The molecule has 154 valence electrons. The summed E-state index contributed by atoms with van der Waals surface area (Å²) < 4.78 is 30.4. The van der Waals surface area contributed by atoms with E-state index in [4.69, 9.17) is 4.74 Å². The molecular weight excluding hydrogens is 418 g/mol. The molecule has 0 bridgehead atoms. The topological polar surface area (TPSA) is 98.1 Å². The quantitative estimate of drug-likeness (QED) is 0.571. The van der Waals surface area contributed by atoms with Crippen molar-refractivity contribution in [2.45, 2.75) is 38.8 Å². The highest BCUT2D eigenvalue weighted by Crippen LogP contribution is 2.41. The summed E-state index contributed by atoms with van der Waals surface area (Å²) in [5.41, 5.74) is 4.62. The largest absolute Gasteiger partial charge is 0.760 e. The Morgan fingerprint density at radius 2 is 2.20 bits per heavy atom. The van der Waals surface area contributed by atoms with Crippen molar-refractivity contribution in [3.63, 3.8) is 0 Å². The van der Waals surface area contributed by atoms with Gasteiger partial charge in [-0.05, 0) is 61.6 Å². The summed E-state index contributed by atoms with van der Waals surface area (Å²) >= 11 is -0.734. The van der Waals surface area contributed by atoms with Gasteiger partial charge in [0.05, 0.1) is 16.5 Å². The fraction of sp³-hybridized carbons (Fsp3) is 0.273. The molecule has 30 heavy (non-hydrogen) atoms. The van der Waals surface area contributed by atoms with Crippen LogP contribution in [0.5, 0.6) is 5.75 Å². The van der Waals surface area contributed by atoms with E-state index >= 15 is 0 Å². The van der Waals surface area contributed by atoms with E-state index in [-0.39, 0.29) is 12.1 Å². The summed E-state index contributed by atoms with van der Waals surface area (Å²) in [6.45, 7) is 3.85. The molecule has 1 aliphatic carbocycles. The van der Waals surface area contributed by atoms with Gasteiger partial charge in [-0.25, -0.2) is 9.71 Å². The van der Waals surface area contributed by atoms with Crippen LogP contribution in [0.4, 0.5) is 0 Å². The Kier molecular flexibility index (Phi) is 5.97. The number of fused-ring (bicyclic) bond motifs is 1. The Morgan fingerprint density at radius 3 is 2.93 bits per heavy atom. The highest BCUT2D eigenvalue weighted by molar-refractivity contribution is 7.77. The van der Waals surface area contributed by atoms with Crippen molar-refractivity contribution >= 4 is 22.6 Å². The third-order valence-electron chi connectivity index (χ3n) is 4.99. The maximum absolute atomic E-state index is 11.1. The van der Waals surface area contributed by atoms with Gasteiger partial charge in [0.1, 0.15) is 16.8 Å². The van der Waals surface area contributed by atoms with Gasteiger partial charge in [0.25, 0.3) is 0 Å². The van der Waals surface area contributed by atoms with Gasteiger partial charge in [0.2, 0.25) is 0 Å². The van der Waals surface area contributed by atoms with Gasteiger partial charge in [-0.3, -0.25) is 4.21 Å². The predicted octanol–water partition coefficient (Wildman–Crippen LogP) is 4.51. The first-order valence-corrected chi connectivity index (χ1v) is 11.5. The molecule has 2 unspecified atom stereocenters. The maximum atomic E-state index is 11.1. The zero-order chi connectivity index (χ0) is 21.3. The highest BCUT2D eigenvalue weighted by Gasteiger charge is 2.25. The minimum atomic E-state index is -2.29. The molecule has 3 aromatic rings. The van der Waals surface area contributed by atoms with E-state index in [0.29, 0.717) is 11.3 Å². The van der Waals surface area contributed by atoms with Crippen molar-refractivity contribution < 1.29 is 13.5 Å². The molecule has 0 spiro atoms. The van der Waals surface area contributed by atoms with E-state index in [9.17, 15) is 14.0 Å². The summed E-state index contributed by atoms with van der Waals surface area (Å²) in [6.07, 6.45) is 3.39. The van der Waals surface area contributed by atoms with Crippen LogP contribution < -0.4 is 9.46 Å². The minimum absolute atomic E-state index is 0.00746. The first kappa shape index (κ1) is 20.7. The Balaban J connectivity index is 1.66. The number of thiazole rings is 1. The Hall–Kier alpha value is -2.57. The average Bonchev–Trinajstić information content (AvgIpc) is 3.35. The monoisotopic (exact) mass is 438 g/mol. The molecule has 0 saturated carbocycles. The fourth-order valence-corrected chi connectivity index (χ4v) is 5.21. The van der Waals surface area contributed by atoms with Crippen molar-refractivity contribution in [1.29, 1.82) is 5.26 Å². The second-order valence-corrected chi connectivity index (χ2v) is 9.07. The van der Waals surface area contributed by atoms with Crippen LogP contribution in [0.3, 0.4) is 0 Å². The average molecular weight is 439 g/mol. The first-order chi connectivity index (χ1) is 14.5. The maximum Gasteiger partial charge on any atom is 0.137 e. The SMILES string of the molecule is CC(C)Oc1ccc(-c2ncc(-c3cccc4c3CCC4NS(=O)[O-])s2)cc1C#N. The summed E-state index contributed by atoms with van der Waals surface area (Å²) in [4.78, 5) is 5.60. The van der Waals surface area contributed by atoms with Crippen LogP contribution in [-0.2, 0) is 17.7 Å². The standard InChI is InChI=1S/C22H21N3O3S2/c1-13(2)28-20-9-6-14(10-15(20)11-23)22-24-12-21(29-22)18-5-3-4-17-16(18)7-8-19(17)25-30(26)27/h3-6,9-10,12-13,19,25H,7-8H2,1-2H3,(H,26,27)/p-1. The second-order valence-electron chi connectivity index (χ2n) is 7.34. The van der Waals surface area contributed by atoms with E-state index in [2.05, 4.69) is 15.8 Å². The molecule has 0 saturated heterocycles. The number of rotatable bonds is 6. The number of ether oxygens (including phenoxy) is 1. The molecule has 1 aliphatic rings. The third kappa shape index (κ3) is 4.16. The molecule has 0 amide bonds. The van der Waals surface area contributed by atoms with Crippen LogP contribution in [-0.4, -0.2) is 19.8 Å². The number of nitrogens with one attached hydrogen (secondary N) is 1. The number of nitriles is 1. The number of hydrogen-bond acceptors (Lipinski definition) is 6. The normalized spacial score (nSPS) is 16.3. The fourth-order valence-electron chi connectivity index (χ4n) is 3.76. The van der Waals surface area contributed by atoms with E-state index in [1.807, 2.05) is 50.4 Å². The van der Waals surface area contributed by atoms with E-state index in [1.54, 1.807) is 17.4 Å². The number of benzene rings is 2. The highest BCUT2D eigenvalue weighted by atomic mass is 32.2. The number of nitrogens with zero attached hydrogens (tertiary/aromatic N) is 2. The molecule has 2 aromatic carbocycles. The molecular formula is C22H20N3O3S2-. The Bertz CT molecular complexity index is 1150. The van der Waals surface area contributed by atoms with Gasteiger partial charge in [-0.1, -0.05) is 18.2 Å². The molecule has 1 N–H and O–H groups in total. The Morgan fingerprint density at radius 1 is 1.37 bits per heavy atom. The minimum Gasteiger partial charge on any atom is -0.760 e. The molecule has 0 radical (unpaired) electrons. The van der Waals surface area contributed by atoms with E-state index in [1.165, 1.54) is 0 Å². The van der Waals surface area contributed by atoms with Crippen molar-refractivity contribution in [2.24, 2.45) is 0 Å². The lowest BCUT2D eigenvalue weighted by Crippen LogP contribution is -2.21. The van der Waals surface area contributed by atoms with Crippen LogP contribution >= 0.6 is 11.3 Å². The molecule has 6 nitrogen and oxygen atoms in total. The lowest BCUT2D eigenvalue weighted by Gasteiger charge is -2.16. The Labute approximate surface area is 182 Å². The zero-order valence-corrected chi connectivity index (χ0v) is 18.2.